The van der Waals surface area contributed by atoms with Gasteiger partial charge in [0.1, 0.15) is 12.2 Å². The summed E-state index contributed by atoms with van der Waals surface area (Å²) in [5.41, 5.74) is 0.144. The zero-order valence-electron chi connectivity index (χ0n) is 10.7. The third-order valence-electron chi connectivity index (χ3n) is 3.13. The number of hydrogen-bond donors (Lipinski definition) is 4. The first kappa shape index (κ1) is 14.9. The van der Waals surface area contributed by atoms with Crippen LogP contribution in [0.4, 0.5) is 0 Å². The lowest BCUT2D eigenvalue weighted by molar-refractivity contribution is -0.426. The standard InChI is InChI=1S/C13H16O7/c1-7-9(14)10(15)11(16)13(18,19-7)20-12(17)8-5-3-2-4-6-8/h2-7,9-11,14-16,18H,1H3/t7-,9-,10+,11+,13?/m0/s1. The van der Waals surface area contributed by atoms with Gasteiger partial charge in [-0.2, -0.15) is 0 Å². The molecule has 0 aliphatic carbocycles. The molecule has 1 aromatic rings. The first-order chi connectivity index (χ1) is 9.35. The van der Waals surface area contributed by atoms with Gasteiger partial charge in [0.2, 0.25) is 0 Å². The number of carbonyl (C=O) groups excluding carboxylic acids is 1. The van der Waals surface area contributed by atoms with Crippen molar-refractivity contribution in [3.8, 4) is 0 Å². The fraction of sp³-hybridized carbons (Fsp3) is 0.462. The number of hydrogen-bond acceptors (Lipinski definition) is 7. The molecule has 1 aromatic carbocycles. The maximum absolute atomic E-state index is 11.8. The minimum Gasteiger partial charge on any atom is -0.402 e. The van der Waals surface area contributed by atoms with Gasteiger partial charge in [0.05, 0.1) is 11.7 Å². The number of esters is 1. The van der Waals surface area contributed by atoms with Gasteiger partial charge >= 0.3 is 11.9 Å². The molecule has 0 amide bonds. The van der Waals surface area contributed by atoms with Crippen molar-refractivity contribution in [3.05, 3.63) is 35.9 Å². The van der Waals surface area contributed by atoms with Crippen LogP contribution in [0.1, 0.15) is 17.3 Å². The van der Waals surface area contributed by atoms with Gasteiger partial charge in [0, 0.05) is 0 Å². The summed E-state index contributed by atoms with van der Waals surface area (Å²) in [5.74, 6) is -3.65. The molecule has 7 nitrogen and oxygen atoms in total. The zero-order chi connectivity index (χ0) is 14.9. The topological polar surface area (TPSA) is 116 Å². The summed E-state index contributed by atoms with van der Waals surface area (Å²) in [6, 6.07) is 7.80. The molecule has 1 saturated heterocycles. The van der Waals surface area contributed by atoms with Crippen LogP contribution in [-0.2, 0) is 9.47 Å². The molecule has 1 aliphatic heterocycles. The fourth-order valence-corrected chi connectivity index (χ4v) is 1.94. The third-order valence-corrected chi connectivity index (χ3v) is 3.13. The molecule has 110 valence electrons. The highest BCUT2D eigenvalue weighted by molar-refractivity contribution is 5.89. The van der Waals surface area contributed by atoms with Crippen LogP contribution in [0.2, 0.25) is 0 Å². The first-order valence-corrected chi connectivity index (χ1v) is 6.08. The molecule has 4 N–H and O–H groups in total. The molecular formula is C13H16O7. The van der Waals surface area contributed by atoms with Crippen molar-refractivity contribution >= 4 is 5.97 Å². The second kappa shape index (κ2) is 5.47. The molecule has 0 bridgehead atoms. The average Bonchev–Trinajstić information content (AvgIpc) is 2.44. The van der Waals surface area contributed by atoms with E-state index >= 15 is 0 Å². The smallest absolute Gasteiger partial charge is 0.357 e. The number of aliphatic hydroxyl groups is 4. The normalized spacial score (nSPS) is 37.5. The highest BCUT2D eigenvalue weighted by Gasteiger charge is 2.54. The van der Waals surface area contributed by atoms with Crippen LogP contribution < -0.4 is 0 Å². The molecular weight excluding hydrogens is 268 g/mol. The largest absolute Gasteiger partial charge is 0.402 e. The lowest BCUT2D eigenvalue weighted by atomic mass is 9.98. The predicted octanol–water partition coefficient (Wildman–Crippen LogP) is -1.01. The SMILES string of the molecule is C[C@@H]1OC(O)(OC(=O)c2ccccc2)[C@H](O)[C@H](O)[C@H]1O. The second-order valence-electron chi connectivity index (χ2n) is 4.64. The van der Waals surface area contributed by atoms with E-state index in [1.165, 1.54) is 19.1 Å². The van der Waals surface area contributed by atoms with Crippen molar-refractivity contribution in [1.82, 2.24) is 0 Å². The maximum atomic E-state index is 11.8. The van der Waals surface area contributed by atoms with E-state index in [0.717, 1.165) is 0 Å². The van der Waals surface area contributed by atoms with Gasteiger partial charge in [-0.3, -0.25) is 0 Å². The van der Waals surface area contributed by atoms with E-state index in [0.29, 0.717) is 0 Å². The summed E-state index contributed by atoms with van der Waals surface area (Å²) in [6.45, 7) is 1.36. The van der Waals surface area contributed by atoms with Crippen molar-refractivity contribution in [2.45, 2.75) is 37.3 Å². The summed E-state index contributed by atoms with van der Waals surface area (Å²) >= 11 is 0. The number of aliphatic hydroxyl groups excluding tert-OH is 3. The monoisotopic (exact) mass is 284 g/mol. The van der Waals surface area contributed by atoms with Crippen LogP contribution in [0.3, 0.4) is 0 Å². The van der Waals surface area contributed by atoms with E-state index in [2.05, 4.69) is 0 Å². The third kappa shape index (κ3) is 2.67. The summed E-state index contributed by atoms with van der Waals surface area (Å²) in [5, 5.41) is 38.9. The van der Waals surface area contributed by atoms with Crippen molar-refractivity contribution in [1.29, 1.82) is 0 Å². The molecule has 20 heavy (non-hydrogen) atoms. The van der Waals surface area contributed by atoms with Gasteiger partial charge in [0.15, 0.2) is 6.10 Å². The molecule has 0 radical (unpaired) electrons. The van der Waals surface area contributed by atoms with Gasteiger partial charge in [-0.25, -0.2) is 4.79 Å². The van der Waals surface area contributed by atoms with Crippen molar-refractivity contribution < 1.29 is 34.7 Å². The Hall–Kier alpha value is -1.51. The van der Waals surface area contributed by atoms with Crippen molar-refractivity contribution in [2.75, 3.05) is 0 Å². The molecule has 1 unspecified atom stereocenters. The van der Waals surface area contributed by atoms with Gasteiger partial charge in [-0.1, -0.05) is 18.2 Å². The molecule has 0 aromatic heterocycles. The van der Waals surface area contributed by atoms with Crippen LogP contribution in [0, 0.1) is 0 Å². The molecule has 2 rings (SSSR count). The molecule has 0 saturated carbocycles. The van der Waals surface area contributed by atoms with E-state index in [-0.39, 0.29) is 5.56 Å². The van der Waals surface area contributed by atoms with Gasteiger partial charge in [0.25, 0.3) is 0 Å². The number of ether oxygens (including phenoxy) is 2. The Labute approximate surface area is 115 Å². The highest BCUT2D eigenvalue weighted by atomic mass is 16.8. The minimum atomic E-state index is -2.72. The second-order valence-corrected chi connectivity index (χ2v) is 4.64. The van der Waals surface area contributed by atoms with E-state index in [4.69, 9.17) is 9.47 Å². The molecule has 0 spiro atoms. The summed E-state index contributed by atoms with van der Waals surface area (Å²) in [4.78, 5) is 11.8. The Morgan fingerprint density at radius 2 is 1.80 bits per heavy atom. The van der Waals surface area contributed by atoms with E-state index < -0.39 is 36.4 Å². The summed E-state index contributed by atoms with van der Waals surface area (Å²) < 4.78 is 9.65. The Kier molecular flexibility index (Phi) is 4.07. The van der Waals surface area contributed by atoms with E-state index in [1.54, 1.807) is 18.2 Å². The highest BCUT2D eigenvalue weighted by Crippen LogP contribution is 2.29. The zero-order valence-corrected chi connectivity index (χ0v) is 10.7. The summed E-state index contributed by atoms with van der Waals surface area (Å²) in [6.07, 6.45) is -6.11. The van der Waals surface area contributed by atoms with E-state index in [1.807, 2.05) is 0 Å². The van der Waals surface area contributed by atoms with Crippen LogP contribution in [0.5, 0.6) is 0 Å². The van der Waals surface area contributed by atoms with Gasteiger partial charge < -0.3 is 29.9 Å². The molecule has 1 heterocycles. The minimum absolute atomic E-state index is 0.144. The molecule has 5 atom stereocenters. The number of rotatable bonds is 2. The average molecular weight is 284 g/mol. The molecule has 1 aliphatic rings. The van der Waals surface area contributed by atoms with Crippen LogP contribution in [0.25, 0.3) is 0 Å². The van der Waals surface area contributed by atoms with Gasteiger partial charge in [-0.05, 0) is 19.1 Å². The molecule has 7 heteroatoms. The number of benzene rings is 1. The lowest BCUT2D eigenvalue weighted by Crippen LogP contribution is -2.65. The lowest BCUT2D eigenvalue weighted by Gasteiger charge is -2.43. The fourth-order valence-electron chi connectivity index (χ4n) is 1.94. The van der Waals surface area contributed by atoms with Crippen LogP contribution in [0.15, 0.2) is 30.3 Å². The van der Waals surface area contributed by atoms with Crippen molar-refractivity contribution in [2.24, 2.45) is 0 Å². The van der Waals surface area contributed by atoms with E-state index in [9.17, 15) is 25.2 Å². The maximum Gasteiger partial charge on any atom is 0.357 e. The Balaban J connectivity index is 2.16. The first-order valence-electron chi connectivity index (χ1n) is 6.08. The summed E-state index contributed by atoms with van der Waals surface area (Å²) in [7, 11) is 0. The van der Waals surface area contributed by atoms with Crippen LogP contribution >= 0.6 is 0 Å². The molecule has 1 fully saturated rings. The van der Waals surface area contributed by atoms with Gasteiger partial charge in [-0.15, -0.1) is 0 Å². The van der Waals surface area contributed by atoms with Crippen molar-refractivity contribution in [3.63, 3.8) is 0 Å². The predicted molar refractivity (Wildman–Crippen MR) is 65.4 cm³/mol. The number of carbonyl (C=O) groups is 1. The Morgan fingerprint density at radius 1 is 1.20 bits per heavy atom. The Morgan fingerprint density at radius 3 is 2.40 bits per heavy atom. The van der Waals surface area contributed by atoms with Crippen LogP contribution in [-0.4, -0.2) is 56.8 Å². The Bertz CT molecular complexity index is 477. The quantitative estimate of drug-likeness (QED) is 0.406.